The summed E-state index contributed by atoms with van der Waals surface area (Å²) in [5.41, 5.74) is 0. The van der Waals surface area contributed by atoms with E-state index in [0.717, 1.165) is 5.32 Å². The first kappa shape index (κ1) is 15.4. The molecule has 1 saturated heterocycles. The molecule has 3 amide bonds. The van der Waals surface area contributed by atoms with Gasteiger partial charge in [0, 0.05) is 19.1 Å². The van der Waals surface area contributed by atoms with Crippen LogP contribution in [-0.4, -0.2) is 49.1 Å². The van der Waals surface area contributed by atoms with Gasteiger partial charge in [0.1, 0.15) is 0 Å². The van der Waals surface area contributed by atoms with Gasteiger partial charge in [-0.1, -0.05) is 0 Å². The fourth-order valence-electron chi connectivity index (χ4n) is 1.77. The first-order valence-electron chi connectivity index (χ1n) is 5.89. The van der Waals surface area contributed by atoms with E-state index in [1.807, 2.05) is 0 Å². The fourth-order valence-corrected chi connectivity index (χ4v) is 1.77. The maximum absolute atomic E-state index is 11.9. The summed E-state index contributed by atoms with van der Waals surface area (Å²) in [6.07, 6.45) is -4.40. The summed E-state index contributed by atoms with van der Waals surface area (Å²) in [5.74, 6) is 0. The second-order valence-electron chi connectivity index (χ2n) is 4.06. The van der Waals surface area contributed by atoms with Crippen molar-refractivity contribution in [2.45, 2.75) is 32.1 Å². The van der Waals surface area contributed by atoms with E-state index >= 15 is 0 Å². The average molecular weight is 283 g/mol. The maximum atomic E-state index is 11.9. The molecule has 0 aromatic rings. The monoisotopic (exact) mass is 283 g/mol. The van der Waals surface area contributed by atoms with Gasteiger partial charge in [0.25, 0.3) is 0 Å². The lowest BCUT2D eigenvalue weighted by Gasteiger charge is -2.31. The summed E-state index contributed by atoms with van der Waals surface area (Å²) >= 11 is 0. The molecule has 1 fully saturated rings. The zero-order valence-corrected chi connectivity index (χ0v) is 10.4. The fraction of sp³-hybridized carbons (Fsp3) is 0.800. The van der Waals surface area contributed by atoms with Crippen molar-refractivity contribution in [1.29, 1.82) is 0 Å². The highest BCUT2D eigenvalue weighted by Gasteiger charge is 2.31. The molecule has 6 nitrogen and oxygen atoms in total. The van der Waals surface area contributed by atoms with Crippen molar-refractivity contribution in [1.82, 2.24) is 15.5 Å². The highest BCUT2D eigenvalue weighted by molar-refractivity contribution is 5.74. The van der Waals surface area contributed by atoms with Gasteiger partial charge in [-0.15, -0.1) is 0 Å². The van der Waals surface area contributed by atoms with Gasteiger partial charge in [0.05, 0.1) is 6.61 Å². The number of likely N-dealkylation sites (tertiary alicyclic amines) is 1. The first-order chi connectivity index (χ1) is 8.81. The lowest BCUT2D eigenvalue weighted by Crippen LogP contribution is -2.51. The molecule has 19 heavy (non-hydrogen) atoms. The molecule has 1 rings (SSSR count). The lowest BCUT2D eigenvalue weighted by molar-refractivity contribution is -0.145. The quantitative estimate of drug-likeness (QED) is 0.753. The number of carbonyl (C=O) groups excluding carboxylic acids is 2. The van der Waals surface area contributed by atoms with Gasteiger partial charge in [-0.25, -0.2) is 14.9 Å². The Kier molecular flexibility index (Phi) is 5.25. The molecule has 0 saturated carbocycles. The van der Waals surface area contributed by atoms with Gasteiger partial charge in [0.2, 0.25) is 0 Å². The molecule has 0 aromatic heterocycles. The van der Waals surface area contributed by atoms with Crippen molar-refractivity contribution >= 4 is 12.1 Å². The second kappa shape index (κ2) is 6.48. The van der Waals surface area contributed by atoms with E-state index in [-0.39, 0.29) is 12.6 Å². The molecule has 0 aromatic carbocycles. The Morgan fingerprint density at radius 1 is 1.32 bits per heavy atom. The molecule has 0 spiro atoms. The molecule has 0 atom stereocenters. The Balaban J connectivity index is 2.30. The van der Waals surface area contributed by atoms with Gasteiger partial charge in [-0.05, 0) is 19.8 Å². The Morgan fingerprint density at radius 2 is 1.89 bits per heavy atom. The number of carbonyl (C=O) groups is 2. The number of nitrogens with zero attached hydrogens (tertiary/aromatic N) is 1. The van der Waals surface area contributed by atoms with Gasteiger partial charge < -0.3 is 15.0 Å². The van der Waals surface area contributed by atoms with Gasteiger partial charge in [-0.2, -0.15) is 13.2 Å². The Hall–Kier alpha value is -1.67. The van der Waals surface area contributed by atoms with Crippen molar-refractivity contribution in [2.75, 3.05) is 19.7 Å². The van der Waals surface area contributed by atoms with E-state index < -0.39 is 18.4 Å². The zero-order valence-electron chi connectivity index (χ0n) is 10.4. The summed E-state index contributed by atoms with van der Waals surface area (Å²) < 4.78 is 40.4. The molecule has 110 valence electrons. The number of ether oxygens (including phenoxy) is 1. The van der Waals surface area contributed by atoms with E-state index in [9.17, 15) is 22.8 Å². The minimum absolute atomic E-state index is 0.269. The summed E-state index contributed by atoms with van der Waals surface area (Å²) in [7, 11) is 0. The van der Waals surface area contributed by atoms with Crippen LogP contribution in [0.2, 0.25) is 0 Å². The number of hydrogen-bond acceptors (Lipinski definition) is 3. The van der Waals surface area contributed by atoms with Gasteiger partial charge >= 0.3 is 18.4 Å². The molecule has 9 heteroatoms. The molecule has 0 bridgehead atoms. The summed E-state index contributed by atoms with van der Waals surface area (Å²) in [6.45, 7) is 2.64. The van der Waals surface area contributed by atoms with Crippen LogP contribution in [0.25, 0.3) is 0 Å². The van der Waals surface area contributed by atoms with Crippen molar-refractivity contribution in [2.24, 2.45) is 0 Å². The lowest BCUT2D eigenvalue weighted by atomic mass is 10.1. The topological polar surface area (TPSA) is 70.7 Å². The van der Waals surface area contributed by atoms with E-state index in [2.05, 4.69) is 5.32 Å². The van der Waals surface area contributed by atoms with Gasteiger partial charge in [-0.3, -0.25) is 0 Å². The van der Waals surface area contributed by atoms with Crippen LogP contribution >= 0.6 is 0 Å². The first-order valence-corrected chi connectivity index (χ1v) is 5.89. The number of urea groups is 1. The van der Waals surface area contributed by atoms with Crippen LogP contribution in [0.15, 0.2) is 0 Å². The van der Waals surface area contributed by atoms with Crippen molar-refractivity contribution in [3.63, 3.8) is 0 Å². The van der Waals surface area contributed by atoms with Crippen LogP contribution in [0, 0.1) is 0 Å². The zero-order chi connectivity index (χ0) is 14.5. The molecule has 2 N–H and O–H groups in total. The molecule has 1 aliphatic heterocycles. The van der Waals surface area contributed by atoms with E-state index in [1.54, 1.807) is 6.92 Å². The third kappa shape index (κ3) is 5.66. The highest BCUT2D eigenvalue weighted by atomic mass is 19.4. The van der Waals surface area contributed by atoms with E-state index in [0.29, 0.717) is 25.9 Å². The van der Waals surface area contributed by atoms with Crippen molar-refractivity contribution < 1.29 is 27.5 Å². The number of nitrogens with one attached hydrogen (secondary N) is 2. The standard InChI is InChI=1S/C10H16F3N3O3/c1-2-19-9(18)16-5-3-7(4-6-16)14-8(17)15-10(11,12)13/h7H,2-6H2,1H3,(H2,14,15,17). The molecule has 1 heterocycles. The Labute approximate surface area is 108 Å². The van der Waals surface area contributed by atoms with Crippen molar-refractivity contribution in [3.8, 4) is 0 Å². The van der Waals surface area contributed by atoms with E-state index in [1.165, 1.54) is 4.90 Å². The van der Waals surface area contributed by atoms with Gasteiger partial charge in [0.15, 0.2) is 0 Å². The van der Waals surface area contributed by atoms with Crippen LogP contribution in [-0.2, 0) is 4.74 Å². The molecule has 1 aliphatic rings. The largest absolute Gasteiger partial charge is 0.485 e. The predicted molar refractivity (Wildman–Crippen MR) is 59.3 cm³/mol. The maximum Gasteiger partial charge on any atom is 0.485 e. The number of halogens is 3. The minimum atomic E-state index is -4.74. The molecule has 0 unspecified atom stereocenters. The minimum Gasteiger partial charge on any atom is -0.450 e. The number of piperidine rings is 1. The number of amides is 3. The average Bonchev–Trinajstić information content (AvgIpc) is 2.27. The second-order valence-corrected chi connectivity index (χ2v) is 4.06. The third-order valence-corrected chi connectivity index (χ3v) is 2.61. The number of rotatable bonds is 2. The number of hydrogen-bond donors (Lipinski definition) is 2. The van der Waals surface area contributed by atoms with Crippen molar-refractivity contribution in [3.05, 3.63) is 0 Å². The summed E-state index contributed by atoms with van der Waals surface area (Å²) in [6, 6.07) is -1.66. The smallest absolute Gasteiger partial charge is 0.450 e. The van der Waals surface area contributed by atoms with Crippen LogP contribution < -0.4 is 10.6 Å². The SMILES string of the molecule is CCOC(=O)N1CCC(NC(=O)NC(F)(F)F)CC1. The van der Waals surface area contributed by atoms with E-state index in [4.69, 9.17) is 4.74 Å². The summed E-state index contributed by atoms with van der Waals surface area (Å²) in [5, 5.41) is 3.08. The third-order valence-electron chi connectivity index (χ3n) is 2.61. The van der Waals surface area contributed by atoms with Crippen LogP contribution in [0.5, 0.6) is 0 Å². The Bertz CT molecular complexity index is 328. The molecular weight excluding hydrogens is 267 g/mol. The Morgan fingerprint density at radius 3 is 2.37 bits per heavy atom. The molecule has 0 aliphatic carbocycles. The summed E-state index contributed by atoms with van der Waals surface area (Å²) in [4.78, 5) is 23.8. The predicted octanol–water partition coefficient (Wildman–Crippen LogP) is 1.43. The highest BCUT2D eigenvalue weighted by Crippen LogP contribution is 2.13. The molecule has 0 radical (unpaired) electrons. The normalized spacial score (nSPS) is 16.9. The van der Waals surface area contributed by atoms with Crippen LogP contribution in [0.1, 0.15) is 19.8 Å². The van der Waals surface area contributed by atoms with Crippen LogP contribution in [0.3, 0.4) is 0 Å². The van der Waals surface area contributed by atoms with Crippen LogP contribution in [0.4, 0.5) is 22.8 Å². The molecular formula is C10H16F3N3O3. The number of alkyl halides is 3.